The van der Waals surface area contributed by atoms with Gasteiger partial charge in [0.1, 0.15) is 12.1 Å². The molecule has 0 aromatic carbocycles. The second-order valence-electron chi connectivity index (χ2n) is 8.29. The number of carbonyl (C=O) groups excluding carboxylic acids is 2. The van der Waals surface area contributed by atoms with E-state index in [0.717, 1.165) is 14.6 Å². The minimum absolute atomic E-state index is 0.0500. The van der Waals surface area contributed by atoms with E-state index >= 15 is 0 Å². The fourth-order valence-corrected chi connectivity index (χ4v) is 6.18. The van der Waals surface area contributed by atoms with Gasteiger partial charge in [-0.25, -0.2) is 4.79 Å². The van der Waals surface area contributed by atoms with Crippen molar-refractivity contribution in [3.05, 3.63) is 46.7 Å². The SMILES string of the molecule is CC(C)C[C@H](NC(=O)c1ccc(-c2ccc(-c3cccs3)s2)s1)C(=O)N[C@@H](CCC(=O)O)C(=O)O. The van der Waals surface area contributed by atoms with Crippen LogP contribution in [0, 0.1) is 5.92 Å². The van der Waals surface area contributed by atoms with Crippen LogP contribution < -0.4 is 10.6 Å². The largest absolute Gasteiger partial charge is 0.481 e. The van der Waals surface area contributed by atoms with Crippen molar-refractivity contribution < 1.29 is 29.4 Å². The molecule has 0 bridgehead atoms. The highest BCUT2D eigenvalue weighted by Gasteiger charge is 2.28. The zero-order valence-corrected chi connectivity index (χ0v) is 21.6. The molecule has 2 atom stereocenters. The summed E-state index contributed by atoms with van der Waals surface area (Å²) in [6.07, 6.45) is -0.342. The Hall–Kier alpha value is -3.02. The Morgan fingerprint density at radius 3 is 2.11 bits per heavy atom. The third kappa shape index (κ3) is 7.48. The Morgan fingerprint density at radius 2 is 1.51 bits per heavy atom. The van der Waals surface area contributed by atoms with Gasteiger partial charge in [-0.05, 0) is 54.5 Å². The highest BCUT2D eigenvalue weighted by atomic mass is 32.1. The van der Waals surface area contributed by atoms with E-state index in [1.807, 2.05) is 37.4 Å². The number of nitrogens with one attached hydrogen (secondary N) is 2. The molecule has 3 aromatic heterocycles. The van der Waals surface area contributed by atoms with Crippen LogP contribution in [0.15, 0.2) is 41.8 Å². The van der Waals surface area contributed by atoms with Gasteiger partial charge in [-0.2, -0.15) is 0 Å². The number of hydrogen-bond donors (Lipinski definition) is 4. The molecular formula is C24H26N2O6S3. The summed E-state index contributed by atoms with van der Waals surface area (Å²) in [7, 11) is 0. The molecule has 3 heterocycles. The molecule has 11 heteroatoms. The Labute approximate surface area is 214 Å². The summed E-state index contributed by atoms with van der Waals surface area (Å²) in [5.74, 6) is -3.50. The second kappa shape index (κ2) is 12.1. The zero-order valence-electron chi connectivity index (χ0n) is 19.1. The van der Waals surface area contributed by atoms with E-state index in [4.69, 9.17) is 5.11 Å². The van der Waals surface area contributed by atoms with Gasteiger partial charge in [-0.1, -0.05) is 19.9 Å². The minimum Gasteiger partial charge on any atom is -0.481 e. The average Bonchev–Trinajstić information content (AvgIpc) is 3.55. The van der Waals surface area contributed by atoms with Crippen LogP contribution in [0.5, 0.6) is 0 Å². The van der Waals surface area contributed by atoms with Gasteiger partial charge in [-0.15, -0.1) is 34.0 Å². The maximum atomic E-state index is 12.9. The lowest BCUT2D eigenvalue weighted by Crippen LogP contribution is -2.52. The zero-order chi connectivity index (χ0) is 25.5. The first-order chi connectivity index (χ1) is 16.6. The molecule has 4 N–H and O–H groups in total. The first-order valence-corrected chi connectivity index (χ1v) is 13.4. The summed E-state index contributed by atoms with van der Waals surface area (Å²) in [5, 5.41) is 25.3. The Balaban J connectivity index is 1.69. The van der Waals surface area contributed by atoms with Crippen LogP contribution in [0.1, 0.15) is 42.8 Å². The minimum atomic E-state index is -1.35. The van der Waals surface area contributed by atoms with E-state index in [0.29, 0.717) is 11.3 Å². The molecule has 0 fully saturated rings. The van der Waals surface area contributed by atoms with Gasteiger partial charge in [0.25, 0.3) is 5.91 Å². The van der Waals surface area contributed by atoms with Gasteiger partial charge in [0, 0.05) is 25.9 Å². The maximum Gasteiger partial charge on any atom is 0.326 e. The van der Waals surface area contributed by atoms with Crippen molar-refractivity contribution in [2.24, 2.45) is 5.92 Å². The monoisotopic (exact) mass is 534 g/mol. The Morgan fingerprint density at radius 1 is 0.857 bits per heavy atom. The van der Waals surface area contributed by atoms with Crippen molar-refractivity contribution in [3.63, 3.8) is 0 Å². The maximum absolute atomic E-state index is 12.9. The summed E-state index contributed by atoms with van der Waals surface area (Å²) in [6.45, 7) is 3.77. The van der Waals surface area contributed by atoms with Crippen LogP contribution >= 0.6 is 34.0 Å². The van der Waals surface area contributed by atoms with Crippen LogP contribution in [0.2, 0.25) is 0 Å². The third-order valence-electron chi connectivity index (χ3n) is 5.03. The van der Waals surface area contributed by atoms with E-state index in [2.05, 4.69) is 22.8 Å². The lowest BCUT2D eigenvalue weighted by atomic mass is 10.0. The van der Waals surface area contributed by atoms with E-state index in [9.17, 15) is 24.3 Å². The molecule has 0 radical (unpaired) electrons. The number of thiophene rings is 3. The van der Waals surface area contributed by atoms with Crippen molar-refractivity contribution in [2.75, 3.05) is 0 Å². The standard InChI is InChI=1S/C24H26N2O6S3/c1-13(2)12-15(22(29)25-14(24(31)32)5-10-21(27)28)26-23(30)20-9-8-19(35-20)18-7-6-17(34-18)16-4-3-11-33-16/h3-4,6-9,11,13-15H,5,10,12H2,1-2H3,(H,25,29)(H,26,30)(H,27,28)(H,31,32)/t14-,15-/m0/s1. The van der Waals surface area contributed by atoms with Crippen molar-refractivity contribution in [3.8, 4) is 19.5 Å². The molecule has 0 saturated carbocycles. The Bertz CT molecular complexity index is 1180. The highest BCUT2D eigenvalue weighted by molar-refractivity contribution is 7.26. The van der Waals surface area contributed by atoms with Crippen molar-refractivity contribution in [1.29, 1.82) is 0 Å². The van der Waals surface area contributed by atoms with Gasteiger partial charge < -0.3 is 20.8 Å². The lowest BCUT2D eigenvalue weighted by molar-refractivity contribution is -0.143. The molecule has 2 amide bonds. The molecular weight excluding hydrogens is 508 g/mol. The average molecular weight is 535 g/mol. The normalized spacial score (nSPS) is 12.8. The lowest BCUT2D eigenvalue weighted by Gasteiger charge is -2.22. The molecule has 35 heavy (non-hydrogen) atoms. The summed E-state index contributed by atoms with van der Waals surface area (Å²) in [4.78, 5) is 52.8. The number of aliphatic carboxylic acids is 2. The van der Waals surface area contributed by atoms with Crippen molar-refractivity contribution >= 4 is 57.8 Å². The van der Waals surface area contributed by atoms with Crippen LogP contribution in [-0.2, 0) is 14.4 Å². The van der Waals surface area contributed by atoms with E-state index in [-0.39, 0.29) is 12.3 Å². The molecule has 0 aliphatic carbocycles. The Kier molecular flexibility index (Phi) is 9.19. The fourth-order valence-electron chi connectivity index (χ4n) is 3.34. The predicted molar refractivity (Wildman–Crippen MR) is 138 cm³/mol. The molecule has 0 aliphatic rings. The molecule has 3 rings (SSSR count). The van der Waals surface area contributed by atoms with Gasteiger partial charge >= 0.3 is 11.9 Å². The molecule has 0 spiro atoms. The van der Waals surface area contributed by atoms with Gasteiger partial charge in [0.05, 0.1) is 4.88 Å². The summed E-state index contributed by atoms with van der Waals surface area (Å²) >= 11 is 4.62. The smallest absolute Gasteiger partial charge is 0.326 e. The van der Waals surface area contributed by atoms with E-state index < -0.39 is 42.3 Å². The highest BCUT2D eigenvalue weighted by Crippen LogP contribution is 2.39. The number of rotatable bonds is 12. The van der Waals surface area contributed by atoms with E-state index in [1.54, 1.807) is 28.7 Å². The van der Waals surface area contributed by atoms with Crippen molar-refractivity contribution in [2.45, 2.75) is 45.2 Å². The topological polar surface area (TPSA) is 133 Å². The quantitative estimate of drug-likeness (QED) is 0.264. The fraction of sp³-hybridized carbons (Fsp3) is 0.333. The predicted octanol–water partition coefficient (Wildman–Crippen LogP) is 4.78. The van der Waals surface area contributed by atoms with Crippen LogP contribution in [-0.4, -0.2) is 46.0 Å². The summed E-state index contributed by atoms with van der Waals surface area (Å²) in [5.41, 5.74) is 0. The van der Waals surface area contributed by atoms with Gasteiger partial charge in [0.2, 0.25) is 5.91 Å². The summed E-state index contributed by atoms with van der Waals surface area (Å²) in [6, 6.07) is 9.40. The molecule has 0 aliphatic heterocycles. The second-order valence-corrected chi connectivity index (χ2v) is 11.4. The third-order valence-corrected chi connectivity index (χ3v) is 8.46. The molecule has 0 saturated heterocycles. The van der Waals surface area contributed by atoms with E-state index in [1.165, 1.54) is 16.2 Å². The van der Waals surface area contributed by atoms with Crippen LogP contribution in [0.25, 0.3) is 19.5 Å². The van der Waals surface area contributed by atoms with Crippen LogP contribution in [0.3, 0.4) is 0 Å². The number of carboxylic acid groups (broad SMARTS) is 2. The van der Waals surface area contributed by atoms with Gasteiger partial charge in [-0.3, -0.25) is 14.4 Å². The summed E-state index contributed by atoms with van der Waals surface area (Å²) < 4.78 is 0. The molecule has 186 valence electrons. The number of amides is 2. The number of carbonyl (C=O) groups is 4. The van der Waals surface area contributed by atoms with Crippen molar-refractivity contribution in [1.82, 2.24) is 10.6 Å². The first-order valence-electron chi connectivity index (χ1n) is 10.9. The van der Waals surface area contributed by atoms with Crippen LogP contribution in [0.4, 0.5) is 0 Å². The molecule has 0 unspecified atom stereocenters. The number of hydrogen-bond acceptors (Lipinski definition) is 7. The van der Waals surface area contributed by atoms with Gasteiger partial charge in [0.15, 0.2) is 0 Å². The molecule has 8 nitrogen and oxygen atoms in total. The number of carboxylic acids is 2. The first kappa shape index (κ1) is 26.6. The molecule has 3 aromatic rings.